The van der Waals surface area contributed by atoms with Gasteiger partial charge in [-0.25, -0.2) is 9.37 Å². The van der Waals surface area contributed by atoms with Crippen molar-refractivity contribution in [2.45, 2.75) is 39.2 Å². The number of benzene rings is 3. The van der Waals surface area contributed by atoms with Crippen LogP contribution in [0.4, 0.5) is 9.52 Å². The Hall–Kier alpha value is -4.44. The lowest BCUT2D eigenvalue weighted by molar-refractivity contribution is -0.132. The number of thiazole rings is 1. The van der Waals surface area contributed by atoms with E-state index in [2.05, 4.69) is 11.9 Å². The summed E-state index contributed by atoms with van der Waals surface area (Å²) in [5.41, 5.74) is 1.23. The number of fused-ring (bicyclic) bond motifs is 1. The fourth-order valence-corrected chi connectivity index (χ4v) is 5.89. The van der Waals surface area contributed by atoms with E-state index in [1.165, 1.54) is 30.2 Å². The van der Waals surface area contributed by atoms with Gasteiger partial charge in [0.15, 0.2) is 16.6 Å². The van der Waals surface area contributed by atoms with Gasteiger partial charge in [-0.2, -0.15) is 0 Å². The number of aromatic nitrogens is 1. The van der Waals surface area contributed by atoms with Crippen molar-refractivity contribution < 1.29 is 33.3 Å². The van der Waals surface area contributed by atoms with Crippen LogP contribution in [0.5, 0.6) is 17.2 Å². The average Bonchev–Trinajstić information content (AvgIpc) is 3.52. The van der Waals surface area contributed by atoms with Gasteiger partial charge in [-0.05, 0) is 73.5 Å². The molecule has 1 amide bonds. The molecule has 1 atom stereocenters. The molecule has 42 heavy (non-hydrogen) atoms. The second-order valence-corrected chi connectivity index (χ2v) is 10.7. The second-order valence-electron chi connectivity index (χ2n) is 9.70. The minimum atomic E-state index is -1.04. The Morgan fingerprint density at radius 3 is 2.50 bits per heavy atom. The number of Topliss-reactive ketones (excluding diaryl/α,β-unsaturated/α-hetero) is 1. The maximum Gasteiger partial charge on any atom is 0.301 e. The first kappa shape index (κ1) is 29.1. The number of hydrogen-bond donors (Lipinski definition) is 1. The van der Waals surface area contributed by atoms with Crippen molar-refractivity contribution >= 4 is 44.1 Å². The van der Waals surface area contributed by atoms with Crippen LogP contribution in [0.3, 0.4) is 0 Å². The van der Waals surface area contributed by atoms with Crippen LogP contribution >= 0.6 is 11.3 Å². The van der Waals surface area contributed by atoms with Gasteiger partial charge in [0, 0.05) is 5.56 Å². The second kappa shape index (κ2) is 12.6. The van der Waals surface area contributed by atoms with Crippen LogP contribution in [0.2, 0.25) is 0 Å². The predicted molar refractivity (Wildman–Crippen MR) is 160 cm³/mol. The summed E-state index contributed by atoms with van der Waals surface area (Å²) in [6.07, 6.45) is 2.99. The molecule has 1 saturated heterocycles. The van der Waals surface area contributed by atoms with Crippen molar-refractivity contribution in [2.24, 2.45) is 0 Å². The number of unbranched alkanes of at least 4 members (excludes halogenated alkanes) is 2. The van der Waals surface area contributed by atoms with Crippen molar-refractivity contribution in [3.63, 3.8) is 0 Å². The van der Waals surface area contributed by atoms with Gasteiger partial charge in [0.2, 0.25) is 0 Å². The molecule has 3 aromatic carbocycles. The third-order valence-electron chi connectivity index (χ3n) is 6.94. The van der Waals surface area contributed by atoms with Gasteiger partial charge in [-0.15, -0.1) is 0 Å². The minimum Gasteiger partial charge on any atom is -0.507 e. The van der Waals surface area contributed by atoms with Crippen molar-refractivity contribution in [3.8, 4) is 17.2 Å². The Morgan fingerprint density at radius 2 is 1.79 bits per heavy atom. The number of hydrogen-bond acceptors (Lipinski definition) is 8. The van der Waals surface area contributed by atoms with Gasteiger partial charge < -0.3 is 19.3 Å². The number of ether oxygens (including phenoxy) is 3. The standard InChI is InChI=1S/C32H31FN2O6S/c1-4-6-7-16-41-24-15-10-20(17-25(24)39-3)28-27(29(36)19-8-12-22(13-9-19)40-5-2)30(37)31(38)35(28)32-34-23-14-11-21(33)18-26(23)42-32/h8-15,17-18,28,36H,4-7,16H2,1-3H3. The number of nitrogens with zero attached hydrogens (tertiary/aromatic N) is 2. The number of aliphatic hydroxyl groups excluding tert-OH is 1. The smallest absolute Gasteiger partial charge is 0.301 e. The van der Waals surface area contributed by atoms with Crippen LogP contribution in [-0.4, -0.2) is 42.1 Å². The van der Waals surface area contributed by atoms with E-state index in [0.29, 0.717) is 51.8 Å². The summed E-state index contributed by atoms with van der Waals surface area (Å²) < 4.78 is 31.5. The van der Waals surface area contributed by atoms with Gasteiger partial charge in [0.1, 0.15) is 17.3 Å². The monoisotopic (exact) mass is 590 g/mol. The zero-order valence-corrected chi connectivity index (χ0v) is 24.4. The number of halogens is 1. The highest BCUT2D eigenvalue weighted by Crippen LogP contribution is 2.46. The van der Waals surface area contributed by atoms with Gasteiger partial charge in [-0.1, -0.05) is 37.2 Å². The number of carbonyl (C=O) groups is 2. The molecular weight excluding hydrogens is 559 g/mol. The Bertz CT molecular complexity index is 1650. The number of aliphatic hydroxyl groups is 1. The van der Waals surface area contributed by atoms with E-state index in [4.69, 9.17) is 14.2 Å². The van der Waals surface area contributed by atoms with Crippen LogP contribution in [0.25, 0.3) is 16.0 Å². The van der Waals surface area contributed by atoms with Crippen molar-refractivity contribution in [1.82, 2.24) is 4.98 Å². The number of amides is 1. The third kappa shape index (κ3) is 5.67. The van der Waals surface area contributed by atoms with Crippen molar-refractivity contribution in [3.05, 3.63) is 83.2 Å². The normalized spacial score (nSPS) is 16.3. The molecule has 10 heteroatoms. The molecule has 1 fully saturated rings. The lowest BCUT2D eigenvalue weighted by atomic mass is 9.95. The van der Waals surface area contributed by atoms with E-state index in [1.807, 2.05) is 6.92 Å². The molecule has 0 aliphatic carbocycles. The first-order chi connectivity index (χ1) is 20.4. The molecule has 5 rings (SSSR count). The number of anilines is 1. The lowest BCUT2D eigenvalue weighted by Crippen LogP contribution is -2.29. The highest BCUT2D eigenvalue weighted by molar-refractivity contribution is 7.22. The van der Waals surface area contributed by atoms with Crippen molar-refractivity contribution in [1.29, 1.82) is 0 Å². The predicted octanol–water partition coefficient (Wildman–Crippen LogP) is 7.04. The number of methoxy groups -OCH3 is 1. The zero-order chi connectivity index (χ0) is 29.8. The first-order valence-corrected chi connectivity index (χ1v) is 14.6. The molecule has 0 spiro atoms. The Balaban J connectivity index is 1.63. The highest BCUT2D eigenvalue weighted by atomic mass is 32.1. The third-order valence-corrected chi connectivity index (χ3v) is 7.95. The largest absolute Gasteiger partial charge is 0.507 e. The molecule has 1 N–H and O–H groups in total. The fraction of sp³-hybridized carbons (Fsp3) is 0.281. The molecule has 4 aromatic rings. The van der Waals surface area contributed by atoms with Crippen LogP contribution in [0.1, 0.15) is 50.3 Å². The summed E-state index contributed by atoms with van der Waals surface area (Å²) in [4.78, 5) is 33.0. The van der Waals surface area contributed by atoms with E-state index in [9.17, 15) is 19.1 Å². The van der Waals surface area contributed by atoms with Crippen LogP contribution in [0.15, 0.2) is 66.2 Å². The fourth-order valence-electron chi connectivity index (χ4n) is 4.87. The Morgan fingerprint density at radius 1 is 1.00 bits per heavy atom. The highest BCUT2D eigenvalue weighted by Gasteiger charge is 2.48. The van der Waals surface area contributed by atoms with Crippen LogP contribution in [0, 0.1) is 5.82 Å². The molecule has 0 radical (unpaired) electrons. The van der Waals surface area contributed by atoms with Gasteiger partial charge in [0.25, 0.3) is 5.78 Å². The van der Waals surface area contributed by atoms with E-state index in [0.717, 1.165) is 30.6 Å². The summed E-state index contributed by atoms with van der Waals surface area (Å²) in [7, 11) is 1.51. The summed E-state index contributed by atoms with van der Waals surface area (Å²) in [5.74, 6) is -0.951. The summed E-state index contributed by atoms with van der Waals surface area (Å²) >= 11 is 1.08. The summed E-state index contributed by atoms with van der Waals surface area (Å²) in [6, 6.07) is 14.9. The van der Waals surface area contributed by atoms with E-state index >= 15 is 0 Å². The summed E-state index contributed by atoms with van der Waals surface area (Å²) in [5, 5.41) is 11.7. The Kier molecular flexibility index (Phi) is 8.72. The molecule has 0 bridgehead atoms. The Labute approximate surface area is 247 Å². The van der Waals surface area contributed by atoms with Crippen LogP contribution in [-0.2, 0) is 9.59 Å². The number of rotatable bonds is 11. The molecule has 2 heterocycles. The first-order valence-electron chi connectivity index (χ1n) is 13.8. The lowest BCUT2D eigenvalue weighted by Gasteiger charge is -2.24. The van der Waals surface area contributed by atoms with E-state index < -0.39 is 23.5 Å². The molecule has 0 saturated carbocycles. The quantitative estimate of drug-likeness (QED) is 0.0866. The maximum atomic E-state index is 14.0. The van der Waals surface area contributed by atoms with Gasteiger partial charge in [0.05, 0.1) is 42.2 Å². The molecule has 1 aromatic heterocycles. The van der Waals surface area contributed by atoms with Crippen molar-refractivity contribution in [2.75, 3.05) is 25.2 Å². The number of carbonyl (C=O) groups excluding carboxylic acids is 2. The molecule has 218 valence electrons. The van der Waals surface area contributed by atoms with Gasteiger partial charge in [-0.3, -0.25) is 14.5 Å². The molecule has 1 aliphatic rings. The van der Waals surface area contributed by atoms with Crippen LogP contribution < -0.4 is 19.1 Å². The van der Waals surface area contributed by atoms with Gasteiger partial charge >= 0.3 is 5.91 Å². The SMILES string of the molecule is CCCCCOc1ccc(C2C(=C(O)c3ccc(OCC)cc3)C(=O)C(=O)N2c2nc3ccc(F)cc3s2)cc1OC. The van der Waals surface area contributed by atoms with E-state index in [-0.39, 0.29) is 16.5 Å². The topological polar surface area (TPSA) is 98.2 Å². The van der Waals surface area contributed by atoms with E-state index in [1.54, 1.807) is 42.5 Å². The minimum absolute atomic E-state index is 0.103. The average molecular weight is 591 g/mol. The molecule has 1 unspecified atom stereocenters. The summed E-state index contributed by atoms with van der Waals surface area (Å²) in [6.45, 7) is 4.97. The molecular formula is C32H31FN2O6S. The molecule has 1 aliphatic heterocycles. The molecule has 8 nitrogen and oxygen atoms in total. The maximum absolute atomic E-state index is 14.0. The number of ketones is 1. The zero-order valence-electron chi connectivity index (χ0n) is 23.6.